The van der Waals surface area contributed by atoms with Crippen LogP contribution in [0.2, 0.25) is 0 Å². The zero-order chi connectivity index (χ0) is 16.8. The molecular weight excluding hydrogens is 310 g/mol. The highest BCUT2D eigenvalue weighted by Gasteiger charge is 2.25. The van der Waals surface area contributed by atoms with E-state index in [-0.39, 0.29) is 16.3 Å². The Bertz CT molecular complexity index is 616. The highest BCUT2D eigenvalue weighted by Crippen LogP contribution is 2.32. The minimum absolute atomic E-state index is 0.0142. The average molecular weight is 331 g/mol. The van der Waals surface area contributed by atoms with E-state index in [9.17, 15) is 18.5 Å². The van der Waals surface area contributed by atoms with E-state index in [1.54, 1.807) is 0 Å². The third-order valence-corrected chi connectivity index (χ3v) is 4.71. The minimum atomic E-state index is -3.78. The van der Waals surface area contributed by atoms with Crippen molar-refractivity contribution in [3.8, 4) is 0 Å². The summed E-state index contributed by atoms with van der Waals surface area (Å²) in [6.45, 7) is 0.641. The van der Waals surface area contributed by atoms with E-state index in [1.165, 1.54) is 18.2 Å². The molecule has 0 bridgehead atoms. The van der Waals surface area contributed by atoms with E-state index in [4.69, 9.17) is 5.11 Å². The molecule has 0 aliphatic rings. The summed E-state index contributed by atoms with van der Waals surface area (Å²) < 4.78 is 24.3. The van der Waals surface area contributed by atoms with Crippen molar-refractivity contribution in [2.45, 2.75) is 11.3 Å². The van der Waals surface area contributed by atoms with Crippen molar-refractivity contribution >= 4 is 21.2 Å². The van der Waals surface area contributed by atoms with Gasteiger partial charge in [-0.25, -0.2) is 8.42 Å². The fourth-order valence-electron chi connectivity index (χ4n) is 1.95. The number of benzene rings is 1. The zero-order valence-electron chi connectivity index (χ0n) is 12.7. The molecular formula is C13H21N3O5S. The molecule has 0 aliphatic carbocycles. The van der Waals surface area contributed by atoms with Gasteiger partial charge in [0.05, 0.1) is 22.2 Å². The van der Waals surface area contributed by atoms with Gasteiger partial charge < -0.3 is 15.3 Å². The first kappa shape index (κ1) is 18.3. The largest absolute Gasteiger partial charge is 0.395 e. The molecule has 124 valence electrons. The highest BCUT2D eigenvalue weighted by atomic mass is 32.2. The number of sulfone groups is 1. The van der Waals surface area contributed by atoms with Gasteiger partial charge in [0.2, 0.25) is 0 Å². The maximum absolute atomic E-state index is 12.1. The number of aliphatic hydroxyl groups is 1. The van der Waals surface area contributed by atoms with Crippen LogP contribution in [0.5, 0.6) is 0 Å². The number of nitro benzene ring substituents is 1. The molecule has 1 aromatic rings. The number of hydrogen-bond acceptors (Lipinski definition) is 7. The molecule has 0 spiro atoms. The van der Waals surface area contributed by atoms with Gasteiger partial charge in [0.1, 0.15) is 5.69 Å². The first-order valence-corrected chi connectivity index (χ1v) is 8.44. The summed E-state index contributed by atoms with van der Waals surface area (Å²) in [7, 11) is 0.0319. The lowest BCUT2D eigenvalue weighted by atomic mass is 10.2. The van der Waals surface area contributed by atoms with Crippen molar-refractivity contribution in [3.63, 3.8) is 0 Å². The van der Waals surface area contributed by atoms with Gasteiger partial charge >= 0.3 is 0 Å². The maximum atomic E-state index is 12.1. The lowest BCUT2D eigenvalue weighted by molar-refractivity contribution is -0.384. The van der Waals surface area contributed by atoms with Crippen molar-refractivity contribution in [2.75, 3.05) is 44.9 Å². The lowest BCUT2D eigenvalue weighted by Crippen LogP contribution is -2.18. The number of anilines is 1. The summed E-state index contributed by atoms with van der Waals surface area (Å²) >= 11 is 0. The molecule has 0 saturated heterocycles. The fourth-order valence-corrected chi connectivity index (χ4v) is 3.18. The second-order valence-electron chi connectivity index (χ2n) is 5.03. The van der Waals surface area contributed by atoms with Gasteiger partial charge in [-0.05, 0) is 33.1 Å². The van der Waals surface area contributed by atoms with Crippen molar-refractivity contribution in [1.29, 1.82) is 0 Å². The number of nitrogens with zero attached hydrogens (tertiary/aromatic N) is 2. The Morgan fingerprint density at radius 1 is 1.36 bits per heavy atom. The van der Waals surface area contributed by atoms with Crippen LogP contribution in [-0.4, -0.2) is 62.9 Å². The monoisotopic (exact) mass is 331 g/mol. The average Bonchev–Trinajstić information content (AvgIpc) is 2.42. The van der Waals surface area contributed by atoms with Crippen LogP contribution < -0.4 is 5.32 Å². The Labute approximate surface area is 129 Å². The van der Waals surface area contributed by atoms with Crippen molar-refractivity contribution < 1.29 is 18.4 Å². The van der Waals surface area contributed by atoms with Gasteiger partial charge in [-0.3, -0.25) is 10.1 Å². The van der Waals surface area contributed by atoms with Gasteiger partial charge in [-0.15, -0.1) is 0 Å². The number of hydrogen-bond donors (Lipinski definition) is 2. The quantitative estimate of drug-likeness (QED) is 0.389. The third-order valence-electron chi connectivity index (χ3n) is 2.98. The lowest BCUT2D eigenvalue weighted by Gasteiger charge is -2.14. The Morgan fingerprint density at radius 2 is 2.05 bits per heavy atom. The van der Waals surface area contributed by atoms with Crippen LogP contribution in [0.1, 0.15) is 6.42 Å². The molecule has 2 N–H and O–H groups in total. The molecule has 0 radical (unpaired) electrons. The minimum Gasteiger partial charge on any atom is -0.395 e. The van der Waals surface area contributed by atoms with E-state index < -0.39 is 27.1 Å². The molecule has 0 fully saturated rings. The molecule has 1 aromatic carbocycles. The van der Waals surface area contributed by atoms with Crippen LogP contribution in [0.3, 0.4) is 0 Å². The Balaban J connectivity index is 3.11. The van der Waals surface area contributed by atoms with Crippen LogP contribution in [-0.2, 0) is 9.84 Å². The molecule has 0 saturated carbocycles. The Morgan fingerprint density at radius 3 is 2.59 bits per heavy atom. The predicted molar refractivity (Wildman–Crippen MR) is 83.9 cm³/mol. The standard InChI is InChI=1S/C13H21N3O5S/c1-15(2)8-4-7-14-13-11(16(18)19)5-3-6-12(13)22(20,21)10-9-17/h3,5-6,14,17H,4,7-10H2,1-2H3. The molecule has 0 aromatic heterocycles. The summed E-state index contributed by atoms with van der Waals surface area (Å²) in [5.74, 6) is -0.472. The molecule has 22 heavy (non-hydrogen) atoms. The number of nitrogens with one attached hydrogen (secondary N) is 1. The first-order chi connectivity index (χ1) is 10.3. The van der Waals surface area contributed by atoms with Gasteiger partial charge in [-0.2, -0.15) is 0 Å². The maximum Gasteiger partial charge on any atom is 0.293 e. The van der Waals surface area contributed by atoms with E-state index in [2.05, 4.69) is 5.32 Å². The number of aliphatic hydroxyl groups excluding tert-OH is 1. The number of nitro groups is 1. The van der Waals surface area contributed by atoms with Crippen LogP contribution >= 0.6 is 0 Å². The van der Waals surface area contributed by atoms with Crippen molar-refractivity contribution in [1.82, 2.24) is 4.90 Å². The van der Waals surface area contributed by atoms with Gasteiger partial charge in [0.15, 0.2) is 9.84 Å². The molecule has 0 unspecified atom stereocenters. The zero-order valence-corrected chi connectivity index (χ0v) is 13.5. The SMILES string of the molecule is CN(C)CCCNc1c([N+](=O)[O-])cccc1S(=O)(=O)CCO. The molecule has 9 heteroatoms. The van der Waals surface area contributed by atoms with E-state index in [0.29, 0.717) is 13.0 Å². The number of para-hydroxylation sites is 1. The summed E-state index contributed by atoms with van der Waals surface area (Å²) in [5, 5.41) is 22.8. The fraction of sp³-hybridized carbons (Fsp3) is 0.538. The van der Waals surface area contributed by atoms with E-state index in [1.807, 2.05) is 19.0 Å². The Hall–Kier alpha value is -1.71. The van der Waals surface area contributed by atoms with Crippen LogP contribution in [0.15, 0.2) is 23.1 Å². The molecule has 1 rings (SSSR count). The van der Waals surface area contributed by atoms with Crippen LogP contribution in [0, 0.1) is 10.1 Å². The first-order valence-electron chi connectivity index (χ1n) is 6.79. The smallest absolute Gasteiger partial charge is 0.293 e. The van der Waals surface area contributed by atoms with Crippen LogP contribution in [0.25, 0.3) is 0 Å². The van der Waals surface area contributed by atoms with Gasteiger partial charge in [0.25, 0.3) is 5.69 Å². The second-order valence-corrected chi connectivity index (χ2v) is 7.11. The van der Waals surface area contributed by atoms with Crippen molar-refractivity contribution in [3.05, 3.63) is 28.3 Å². The summed E-state index contributed by atoms with van der Waals surface area (Å²) in [6, 6.07) is 3.89. The highest BCUT2D eigenvalue weighted by molar-refractivity contribution is 7.91. The molecule has 0 heterocycles. The molecule has 0 amide bonds. The topological polar surface area (TPSA) is 113 Å². The Kier molecular flexibility index (Phi) is 6.72. The predicted octanol–water partition coefficient (Wildman–Crippen LogP) is 0.724. The second kappa shape index (κ2) is 8.06. The van der Waals surface area contributed by atoms with E-state index >= 15 is 0 Å². The summed E-state index contributed by atoms with van der Waals surface area (Å²) in [4.78, 5) is 12.3. The summed E-state index contributed by atoms with van der Waals surface area (Å²) in [6.07, 6.45) is 0.707. The summed E-state index contributed by atoms with van der Waals surface area (Å²) in [5.41, 5.74) is -0.302. The van der Waals surface area contributed by atoms with E-state index in [0.717, 1.165) is 6.54 Å². The van der Waals surface area contributed by atoms with Gasteiger partial charge in [0, 0.05) is 12.6 Å². The van der Waals surface area contributed by atoms with Crippen LogP contribution in [0.4, 0.5) is 11.4 Å². The third kappa shape index (κ3) is 4.93. The van der Waals surface area contributed by atoms with Crippen molar-refractivity contribution in [2.24, 2.45) is 0 Å². The molecule has 0 atom stereocenters. The van der Waals surface area contributed by atoms with Gasteiger partial charge in [-0.1, -0.05) is 6.07 Å². The molecule has 0 aliphatic heterocycles. The normalized spacial score (nSPS) is 11.6. The molecule has 8 nitrogen and oxygen atoms in total. The number of rotatable bonds is 9.